The minimum absolute atomic E-state index is 0. The van der Waals surface area contributed by atoms with Crippen molar-refractivity contribution in [1.82, 2.24) is 9.55 Å². The third-order valence-electron chi connectivity index (χ3n) is 3.26. The largest absolute Gasteiger partial charge is 0.490 e. The number of rotatable bonds is 8. The summed E-state index contributed by atoms with van der Waals surface area (Å²) >= 11 is 2.91. The Kier molecular flexibility index (Phi) is 10.1. The number of phosphoric ester groups is 1. The molecule has 5 atom stereocenters. The number of halogens is 1. The molecule has 0 amide bonds. The van der Waals surface area contributed by atoms with Crippen molar-refractivity contribution < 1.29 is 56.3 Å². The molecule has 0 aliphatic carbocycles. The summed E-state index contributed by atoms with van der Waals surface area (Å²) < 4.78 is 51.2. The van der Waals surface area contributed by atoms with E-state index in [4.69, 9.17) is 19.4 Å². The third kappa shape index (κ3) is 8.45. The summed E-state index contributed by atoms with van der Waals surface area (Å²) in [6, 6.07) is 0. The maximum Gasteiger partial charge on any atom is 0.490 e. The van der Waals surface area contributed by atoms with Gasteiger partial charge in [0.25, 0.3) is 5.56 Å². The van der Waals surface area contributed by atoms with Crippen LogP contribution in [0.15, 0.2) is 20.3 Å². The molecule has 1 aromatic rings. The summed E-state index contributed by atoms with van der Waals surface area (Å²) in [4.78, 5) is 60.5. The SMILES string of the molecule is O=c1[nH]c(=O)n([C@H]2C[C@H](O)[C@@H](COP(=O)(O)OP(=O)(O)OP(=O)(O)O)O2)cc1Br.[Na]. The van der Waals surface area contributed by atoms with Gasteiger partial charge in [-0.25, -0.2) is 18.5 Å². The van der Waals surface area contributed by atoms with Crippen LogP contribution in [0.1, 0.15) is 12.6 Å². The van der Waals surface area contributed by atoms with Gasteiger partial charge in [-0.2, -0.15) is 8.62 Å². The van der Waals surface area contributed by atoms with Crippen molar-refractivity contribution in [3.05, 3.63) is 31.5 Å². The van der Waals surface area contributed by atoms with E-state index >= 15 is 0 Å². The quantitative estimate of drug-likeness (QED) is 0.161. The van der Waals surface area contributed by atoms with Crippen LogP contribution < -0.4 is 11.2 Å². The van der Waals surface area contributed by atoms with Crippen LogP contribution in [-0.2, 0) is 31.6 Å². The van der Waals surface area contributed by atoms with Crippen LogP contribution in [0.3, 0.4) is 0 Å². The van der Waals surface area contributed by atoms with Crippen molar-refractivity contribution in [3.63, 3.8) is 0 Å². The molecule has 16 nitrogen and oxygen atoms in total. The molecule has 6 N–H and O–H groups in total. The van der Waals surface area contributed by atoms with Crippen molar-refractivity contribution in [3.8, 4) is 0 Å². The van der Waals surface area contributed by atoms with Gasteiger partial charge in [-0.05, 0) is 15.9 Å². The minimum atomic E-state index is -5.68. The zero-order chi connectivity index (χ0) is 22.2. The molecule has 1 radical (unpaired) electrons. The molecule has 0 bridgehead atoms. The fraction of sp³-hybridized carbons (Fsp3) is 0.556. The number of hydrogen-bond donors (Lipinski definition) is 6. The number of H-pyrrole nitrogens is 1. The van der Waals surface area contributed by atoms with Gasteiger partial charge in [-0.1, -0.05) is 0 Å². The minimum Gasteiger partial charge on any atom is -0.390 e. The van der Waals surface area contributed by atoms with Crippen molar-refractivity contribution in [1.29, 1.82) is 0 Å². The van der Waals surface area contributed by atoms with Crippen LogP contribution in [0.4, 0.5) is 0 Å². The van der Waals surface area contributed by atoms with Gasteiger partial charge in [0, 0.05) is 42.2 Å². The number of nitrogens with zero attached hydrogens (tertiary/aromatic N) is 1. The van der Waals surface area contributed by atoms with E-state index in [-0.39, 0.29) is 40.5 Å². The molecule has 2 heterocycles. The number of hydrogen-bond acceptors (Lipinski definition) is 10. The van der Waals surface area contributed by atoms with Crippen molar-refractivity contribution in [2.24, 2.45) is 0 Å². The number of phosphoric acid groups is 3. The van der Waals surface area contributed by atoms with Gasteiger partial charge in [0.2, 0.25) is 0 Å². The Labute approximate surface area is 197 Å². The van der Waals surface area contributed by atoms with Crippen LogP contribution in [0.2, 0.25) is 0 Å². The number of aliphatic hydroxyl groups is 1. The van der Waals surface area contributed by atoms with E-state index in [2.05, 4.69) is 29.1 Å². The first-order chi connectivity index (χ1) is 13.1. The molecule has 1 aliphatic rings. The Balaban J connectivity index is 0.00000450. The van der Waals surface area contributed by atoms with Gasteiger partial charge >= 0.3 is 29.2 Å². The zero-order valence-electron chi connectivity index (χ0n) is 14.8. The molecule has 1 aliphatic heterocycles. The molecule has 2 rings (SSSR count). The van der Waals surface area contributed by atoms with Gasteiger partial charge in [-0.15, -0.1) is 0 Å². The topological polar surface area (TPSA) is 244 Å². The molecule has 30 heavy (non-hydrogen) atoms. The number of nitrogens with one attached hydrogen (secondary N) is 1. The predicted octanol–water partition coefficient (Wildman–Crippen LogP) is -1.09. The van der Waals surface area contributed by atoms with Gasteiger partial charge in [0.1, 0.15) is 12.3 Å². The van der Waals surface area contributed by atoms with E-state index in [1.54, 1.807) is 0 Å². The van der Waals surface area contributed by atoms with Crippen LogP contribution >= 0.6 is 39.4 Å². The Bertz CT molecular complexity index is 1020. The van der Waals surface area contributed by atoms with E-state index < -0.39 is 59.8 Å². The normalized spacial score (nSPS) is 25.9. The average molecular weight is 570 g/mol. The van der Waals surface area contributed by atoms with Crippen molar-refractivity contribution in [2.45, 2.75) is 24.9 Å². The predicted molar refractivity (Wildman–Crippen MR) is 99.1 cm³/mol. The summed E-state index contributed by atoms with van der Waals surface area (Å²) in [5.74, 6) is 0. The van der Waals surface area contributed by atoms with Crippen molar-refractivity contribution >= 4 is 69.0 Å². The van der Waals surface area contributed by atoms with Gasteiger partial charge in [-0.3, -0.25) is 18.9 Å². The fourth-order valence-electron chi connectivity index (χ4n) is 2.18. The molecule has 0 aromatic carbocycles. The van der Waals surface area contributed by atoms with Gasteiger partial charge in [0.05, 0.1) is 17.2 Å². The maximum absolute atomic E-state index is 11.8. The first kappa shape index (κ1) is 28.5. The Morgan fingerprint density at radius 2 is 1.77 bits per heavy atom. The number of ether oxygens (including phenoxy) is 1. The first-order valence-electron chi connectivity index (χ1n) is 7.21. The van der Waals surface area contributed by atoms with E-state index in [0.29, 0.717) is 0 Å². The molecule has 21 heteroatoms. The smallest absolute Gasteiger partial charge is 0.390 e. The average Bonchev–Trinajstić information content (AvgIpc) is 2.86. The second-order valence-corrected chi connectivity index (χ2v) is 10.7. The van der Waals surface area contributed by atoms with Gasteiger partial charge in [0.15, 0.2) is 0 Å². The molecular formula is C9H14BrN2NaO14P3. The monoisotopic (exact) mass is 569 g/mol. The van der Waals surface area contributed by atoms with Crippen molar-refractivity contribution in [2.75, 3.05) is 6.61 Å². The molecule has 1 saturated heterocycles. The van der Waals surface area contributed by atoms with E-state index in [0.717, 1.165) is 10.8 Å². The number of aliphatic hydroxyl groups excluding tert-OH is 1. The third-order valence-corrected chi connectivity index (χ3v) is 7.62. The Morgan fingerprint density at radius 1 is 1.17 bits per heavy atom. The van der Waals surface area contributed by atoms with E-state index in [1.807, 2.05) is 4.98 Å². The summed E-state index contributed by atoms with van der Waals surface area (Å²) in [7, 11) is -16.6. The standard InChI is InChI=1S/C9H14BrN2O14P3.Na/c10-4-2-12(9(15)11-8(4)14)7-1-5(13)6(24-7)3-23-28(19,20)26-29(21,22)25-27(16,17)18;/h2,5-7,13H,1,3H2,(H,19,20)(H,21,22)(H,11,14,15)(H2,16,17,18);/t5-,6+,7+;/m0./s1. The van der Waals surface area contributed by atoms with E-state index in [1.165, 1.54) is 0 Å². The van der Waals surface area contributed by atoms with Crippen LogP contribution in [0, 0.1) is 0 Å². The Hall–Kier alpha value is 0.490. The summed E-state index contributed by atoms with van der Waals surface area (Å²) in [6.07, 6.45) is -2.83. The zero-order valence-corrected chi connectivity index (χ0v) is 21.1. The maximum atomic E-state index is 11.8. The number of aromatic amines is 1. The molecule has 1 aromatic heterocycles. The second-order valence-electron chi connectivity index (χ2n) is 5.46. The molecule has 0 spiro atoms. The molecule has 167 valence electrons. The van der Waals surface area contributed by atoms with Gasteiger partial charge < -0.3 is 29.4 Å². The fourth-order valence-corrected chi connectivity index (χ4v) is 5.53. The van der Waals surface area contributed by atoms with E-state index in [9.17, 15) is 33.3 Å². The van der Waals surface area contributed by atoms with Crippen LogP contribution in [0.25, 0.3) is 0 Å². The number of aromatic nitrogens is 2. The molecule has 2 unspecified atom stereocenters. The summed E-state index contributed by atoms with van der Waals surface area (Å²) in [6.45, 7) is -0.888. The summed E-state index contributed by atoms with van der Waals surface area (Å²) in [5, 5.41) is 9.97. The molecule has 0 saturated carbocycles. The summed E-state index contributed by atoms with van der Waals surface area (Å²) in [5.41, 5.74) is -1.56. The van der Waals surface area contributed by atoms with Crippen LogP contribution in [-0.4, -0.2) is 82.6 Å². The van der Waals surface area contributed by atoms with Crippen LogP contribution in [0.5, 0.6) is 0 Å². The molecule has 1 fully saturated rings. The first-order valence-corrected chi connectivity index (χ1v) is 12.5. The molecular weight excluding hydrogens is 556 g/mol. The Morgan fingerprint density at radius 3 is 2.33 bits per heavy atom. The second kappa shape index (κ2) is 10.6.